The lowest BCUT2D eigenvalue weighted by Gasteiger charge is -2.14. The Labute approximate surface area is 230 Å². The van der Waals surface area contributed by atoms with E-state index in [9.17, 15) is 0 Å². The molecular weight excluding hydrogens is 476 g/mol. The van der Waals surface area contributed by atoms with Gasteiger partial charge in [0.15, 0.2) is 5.82 Å². The number of allylic oxidation sites excluding steroid dienone is 4. The third-order valence-corrected chi connectivity index (χ3v) is 7.11. The molecule has 39 heavy (non-hydrogen) atoms. The Morgan fingerprint density at radius 2 is 1.18 bits per heavy atom. The second-order valence-corrected chi connectivity index (χ2v) is 9.77. The molecule has 1 atom stereocenters. The van der Waals surface area contributed by atoms with Crippen molar-refractivity contribution in [3.05, 3.63) is 139 Å². The summed E-state index contributed by atoms with van der Waals surface area (Å²) in [6.45, 7) is 2.24. The predicted octanol–water partition coefficient (Wildman–Crippen LogP) is 9.64. The second kappa shape index (κ2) is 11.3. The molecule has 0 aliphatic heterocycles. The lowest BCUT2D eigenvalue weighted by atomic mass is 9.91. The Balaban J connectivity index is 1.23. The Hall–Kier alpha value is -4.76. The van der Waals surface area contributed by atoms with Crippen LogP contribution in [0.3, 0.4) is 0 Å². The molecule has 4 aromatic carbocycles. The van der Waals surface area contributed by atoms with E-state index in [4.69, 9.17) is 14.7 Å². The van der Waals surface area contributed by atoms with Crippen LogP contribution in [0.1, 0.15) is 25.3 Å². The van der Waals surface area contributed by atoms with Gasteiger partial charge in [0, 0.05) is 16.7 Å². The van der Waals surface area contributed by atoms with Crippen LogP contribution in [-0.2, 0) is 0 Å². The summed E-state index contributed by atoms with van der Waals surface area (Å²) in [5.41, 5.74) is 7.35. The van der Waals surface area contributed by atoms with Crippen molar-refractivity contribution in [2.24, 2.45) is 5.92 Å². The van der Waals surface area contributed by atoms with Gasteiger partial charge >= 0.3 is 0 Å². The zero-order valence-corrected chi connectivity index (χ0v) is 22.0. The zero-order valence-electron chi connectivity index (χ0n) is 22.0. The largest absolute Gasteiger partial charge is 0.457 e. The summed E-state index contributed by atoms with van der Waals surface area (Å²) >= 11 is 0. The monoisotopic (exact) mass is 506 g/mol. The first-order chi connectivity index (χ1) is 19.2. The summed E-state index contributed by atoms with van der Waals surface area (Å²) in [6.07, 6.45) is 9.19. The van der Waals surface area contributed by atoms with E-state index >= 15 is 0 Å². The minimum absolute atomic E-state index is 0.662. The third kappa shape index (κ3) is 5.73. The molecule has 0 fully saturated rings. The highest BCUT2D eigenvalue weighted by molar-refractivity contribution is 5.75. The van der Waals surface area contributed by atoms with Gasteiger partial charge in [-0.2, -0.15) is 0 Å². The normalized spacial score (nSPS) is 14.6. The van der Waals surface area contributed by atoms with Gasteiger partial charge in [-0.3, -0.25) is 0 Å². The highest BCUT2D eigenvalue weighted by atomic mass is 16.5. The molecule has 6 rings (SSSR count). The van der Waals surface area contributed by atoms with Crippen molar-refractivity contribution in [3.63, 3.8) is 0 Å². The van der Waals surface area contributed by atoms with E-state index in [1.807, 2.05) is 72.8 Å². The summed E-state index contributed by atoms with van der Waals surface area (Å²) in [4.78, 5) is 9.83. The maximum Gasteiger partial charge on any atom is 0.160 e. The van der Waals surface area contributed by atoms with Crippen LogP contribution in [0, 0.1) is 5.92 Å². The van der Waals surface area contributed by atoms with Crippen molar-refractivity contribution < 1.29 is 4.74 Å². The molecule has 0 saturated heterocycles. The van der Waals surface area contributed by atoms with Crippen LogP contribution in [-0.4, -0.2) is 9.97 Å². The Morgan fingerprint density at radius 1 is 0.641 bits per heavy atom. The summed E-state index contributed by atoms with van der Waals surface area (Å²) in [5, 5.41) is 0. The lowest BCUT2D eigenvalue weighted by molar-refractivity contribution is 0.482. The molecular formula is C36H30N2O. The second-order valence-electron chi connectivity index (χ2n) is 9.77. The van der Waals surface area contributed by atoms with Crippen molar-refractivity contribution >= 4 is 5.57 Å². The number of benzene rings is 4. The van der Waals surface area contributed by atoms with Gasteiger partial charge in [0.1, 0.15) is 11.5 Å². The smallest absolute Gasteiger partial charge is 0.160 e. The first kappa shape index (κ1) is 24.6. The fraction of sp³-hybridized carbons (Fsp3) is 0.111. The number of ether oxygens (including phenoxy) is 1. The molecule has 0 spiro atoms. The van der Waals surface area contributed by atoms with Crippen LogP contribution >= 0.6 is 0 Å². The molecule has 1 unspecified atom stereocenters. The molecule has 1 aliphatic carbocycles. The van der Waals surface area contributed by atoms with E-state index in [-0.39, 0.29) is 0 Å². The molecule has 3 heteroatoms. The lowest BCUT2D eigenvalue weighted by Crippen LogP contribution is -1.97. The van der Waals surface area contributed by atoms with Gasteiger partial charge < -0.3 is 4.74 Å². The van der Waals surface area contributed by atoms with Crippen molar-refractivity contribution in [2.45, 2.75) is 19.8 Å². The topological polar surface area (TPSA) is 35.0 Å². The Kier molecular flexibility index (Phi) is 7.13. The Bertz CT molecular complexity index is 1550. The number of aromatic nitrogens is 2. The van der Waals surface area contributed by atoms with Crippen LogP contribution < -0.4 is 4.74 Å². The van der Waals surface area contributed by atoms with Crippen molar-refractivity contribution in [1.29, 1.82) is 0 Å². The first-order valence-corrected chi connectivity index (χ1v) is 13.5. The molecule has 0 N–H and O–H groups in total. The van der Waals surface area contributed by atoms with Crippen LogP contribution in [0.4, 0.5) is 0 Å². The molecule has 0 saturated carbocycles. The van der Waals surface area contributed by atoms with Gasteiger partial charge in [0.2, 0.25) is 0 Å². The SMILES string of the molecule is CCC1C=CC(c2ccc(Oc3ccc(-c4nc(-c5ccccc5)cc(-c5ccccc5)n4)cc3)cc2)=CC1. The number of rotatable bonds is 7. The molecule has 190 valence electrons. The molecule has 0 bridgehead atoms. The Morgan fingerprint density at radius 3 is 1.67 bits per heavy atom. The fourth-order valence-electron chi connectivity index (χ4n) is 4.80. The summed E-state index contributed by atoms with van der Waals surface area (Å²) in [6, 6.07) is 38.8. The first-order valence-electron chi connectivity index (χ1n) is 13.5. The highest BCUT2D eigenvalue weighted by Crippen LogP contribution is 2.31. The van der Waals surface area contributed by atoms with E-state index in [1.54, 1.807) is 0 Å². The highest BCUT2D eigenvalue weighted by Gasteiger charge is 2.11. The molecule has 1 aromatic heterocycles. The zero-order chi connectivity index (χ0) is 26.4. The molecule has 3 nitrogen and oxygen atoms in total. The van der Waals surface area contributed by atoms with Gasteiger partial charge in [0.05, 0.1) is 11.4 Å². The van der Waals surface area contributed by atoms with Crippen molar-refractivity contribution in [1.82, 2.24) is 9.97 Å². The maximum atomic E-state index is 6.15. The van der Waals surface area contributed by atoms with Crippen LogP contribution in [0.25, 0.3) is 39.5 Å². The molecule has 0 radical (unpaired) electrons. The van der Waals surface area contributed by atoms with Gasteiger partial charge in [-0.15, -0.1) is 0 Å². The van der Waals surface area contributed by atoms with Gasteiger partial charge in [0.25, 0.3) is 0 Å². The van der Waals surface area contributed by atoms with Gasteiger partial charge in [-0.1, -0.05) is 97.9 Å². The van der Waals surface area contributed by atoms with Crippen molar-refractivity contribution in [2.75, 3.05) is 0 Å². The average Bonchev–Trinajstić information content (AvgIpc) is 3.02. The van der Waals surface area contributed by atoms with Gasteiger partial charge in [-0.05, 0) is 72.4 Å². The average molecular weight is 507 g/mol. The minimum Gasteiger partial charge on any atom is -0.457 e. The van der Waals surface area contributed by atoms with E-state index < -0.39 is 0 Å². The van der Waals surface area contributed by atoms with E-state index in [0.29, 0.717) is 11.7 Å². The molecule has 0 amide bonds. The predicted molar refractivity (Wildman–Crippen MR) is 160 cm³/mol. The quantitative estimate of drug-likeness (QED) is 0.220. The van der Waals surface area contributed by atoms with Crippen LogP contribution in [0.5, 0.6) is 11.5 Å². The van der Waals surface area contributed by atoms with Crippen molar-refractivity contribution in [3.8, 4) is 45.4 Å². The van der Waals surface area contributed by atoms with Gasteiger partial charge in [-0.25, -0.2) is 9.97 Å². The van der Waals surface area contributed by atoms with E-state index in [0.717, 1.165) is 46.0 Å². The minimum atomic E-state index is 0.662. The summed E-state index contributed by atoms with van der Waals surface area (Å²) in [7, 11) is 0. The number of hydrogen-bond acceptors (Lipinski definition) is 3. The molecule has 1 heterocycles. The molecule has 1 aliphatic rings. The molecule has 5 aromatic rings. The van der Waals surface area contributed by atoms with E-state index in [1.165, 1.54) is 17.6 Å². The summed E-state index contributed by atoms with van der Waals surface area (Å²) < 4.78 is 6.15. The van der Waals surface area contributed by atoms with E-state index in [2.05, 4.69) is 67.6 Å². The third-order valence-electron chi connectivity index (χ3n) is 7.11. The fourth-order valence-corrected chi connectivity index (χ4v) is 4.80. The van der Waals surface area contributed by atoms with Crippen LogP contribution in [0.2, 0.25) is 0 Å². The number of nitrogens with zero attached hydrogens (tertiary/aromatic N) is 2. The summed E-state index contributed by atoms with van der Waals surface area (Å²) in [5.74, 6) is 2.93. The maximum absolute atomic E-state index is 6.15. The van der Waals surface area contributed by atoms with Crippen LogP contribution in [0.15, 0.2) is 133 Å². The standard InChI is InChI=1S/C36H30N2O/c1-2-26-13-15-27(16-14-26)28-17-21-32(22-18-28)39-33-23-19-31(20-24-33)36-37-34(29-9-5-3-6-10-29)25-35(38-36)30-11-7-4-8-12-30/h3-13,15-26H,2,14H2,1H3. The number of hydrogen-bond donors (Lipinski definition) is 0.